The number of unbranched alkanes of at least 4 members (excludes halogenated alkanes) is 7. The van der Waals surface area contributed by atoms with Crippen LogP contribution in [0.4, 0.5) is 0 Å². The Bertz CT molecular complexity index is 233. The Balaban J connectivity index is 3.38. The van der Waals surface area contributed by atoms with Crippen LogP contribution in [0.3, 0.4) is 0 Å². The maximum atomic E-state index is 10.4. The lowest BCUT2D eigenvalue weighted by Crippen LogP contribution is -2.27. The minimum atomic E-state index is -0.973. The maximum absolute atomic E-state index is 10.4. The third-order valence-electron chi connectivity index (χ3n) is 3.24. The smallest absolute Gasteiger partial charge is 0.329 e. The van der Waals surface area contributed by atoms with Gasteiger partial charge in [-0.05, 0) is 6.42 Å². The SMILES string of the molecule is CCCCCCCCCCOCC(COC)OCC(=O)O. The standard InChI is InChI=1S/C16H32O5/c1-3-4-5-6-7-8-9-10-11-20-13-15(12-19-2)21-14-16(17)18/h15H,3-14H2,1-2H3,(H,17,18). The van der Waals surface area contributed by atoms with Gasteiger partial charge in [0.1, 0.15) is 12.7 Å². The Morgan fingerprint density at radius 1 is 1.00 bits per heavy atom. The molecule has 0 saturated heterocycles. The van der Waals surface area contributed by atoms with Crippen molar-refractivity contribution < 1.29 is 24.1 Å². The first-order valence-corrected chi connectivity index (χ1v) is 8.10. The van der Waals surface area contributed by atoms with Gasteiger partial charge in [0, 0.05) is 13.7 Å². The summed E-state index contributed by atoms with van der Waals surface area (Å²) < 4.78 is 15.7. The first-order valence-electron chi connectivity index (χ1n) is 8.10. The second-order valence-corrected chi connectivity index (χ2v) is 5.33. The molecule has 5 heteroatoms. The molecule has 0 aromatic heterocycles. The van der Waals surface area contributed by atoms with Gasteiger partial charge in [0.25, 0.3) is 0 Å². The summed E-state index contributed by atoms with van der Waals surface area (Å²) in [5.74, 6) is -0.973. The minimum absolute atomic E-state index is 0.305. The monoisotopic (exact) mass is 304 g/mol. The molecule has 0 heterocycles. The van der Waals surface area contributed by atoms with Crippen LogP contribution >= 0.6 is 0 Å². The van der Waals surface area contributed by atoms with E-state index in [0.29, 0.717) is 19.8 Å². The van der Waals surface area contributed by atoms with E-state index in [1.807, 2.05) is 0 Å². The third-order valence-corrected chi connectivity index (χ3v) is 3.24. The summed E-state index contributed by atoms with van der Waals surface area (Å²) in [6.07, 6.45) is 9.85. The van der Waals surface area contributed by atoms with Crippen LogP contribution in [0.2, 0.25) is 0 Å². The predicted octanol–water partition coefficient (Wildman–Crippen LogP) is 3.26. The molecule has 0 bridgehead atoms. The zero-order valence-corrected chi connectivity index (χ0v) is 13.6. The summed E-state index contributed by atoms with van der Waals surface area (Å²) >= 11 is 0. The van der Waals surface area contributed by atoms with Crippen LogP contribution in [0, 0.1) is 0 Å². The fraction of sp³-hybridized carbons (Fsp3) is 0.938. The van der Waals surface area contributed by atoms with Gasteiger partial charge in [-0.15, -0.1) is 0 Å². The second kappa shape index (κ2) is 15.7. The van der Waals surface area contributed by atoms with Crippen molar-refractivity contribution in [1.29, 1.82) is 0 Å². The van der Waals surface area contributed by atoms with Gasteiger partial charge in [0.15, 0.2) is 0 Å². The molecule has 0 aliphatic heterocycles. The molecule has 0 aromatic carbocycles. The molecule has 0 amide bonds. The number of carbonyl (C=O) groups is 1. The lowest BCUT2D eigenvalue weighted by molar-refractivity contribution is -0.147. The average Bonchev–Trinajstić information content (AvgIpc) is 2.46. The van der Waals surface area contributed by atoms with Gasteiger partial charge in [-0.2, -0.15) is 0 Å². The van der Waals surface area contributed by atoms with Gasteiger partial charge in [-0.1, -0.05) is 51.9 Å². The van der Waals surface area contributed by atoms with Crippen LogP contribution in [0.25, 0.3) is 0 Å². The number of hydrogen-bond donors (Lipinski definition) is 1. The molecule has 0 aliphatic carbocycles. The van der Waals surface area contributed by atoms with Crippen LogP contribution in [0.5, 0.6) is 0 Å². The first-order chi connectivity index (χ1) is 10.2. The number of ether oxygens (including phenoxy) is 3. The highest BCUT2D eigenvalue weighted by Gasteiger charge is 2.11. The van der Waals surface area contributed by atoms with Crippen molar-refractivity contribution in [3.05, 3.63) is 0 Å². The highest BCUT2D eigenvalue weighted by molar-refractivity contribution is 5.68. The fourth-order valence-corrected chi connectivity index (χ4v) is 2.07. The van der Waals surface area contributed by atoms with Crippen molar-refractivity contribution in [1.82, 2.24) is 0 Å². The summed E-state index contributed by atoms with van der Waals surface area (Å²) in [5, 5.41) is 8.57. The molecule has 21 heavy (non-hydrogen) atoms. The molecule has 0 radical (unpaired) electrons. The van der Waals surface area contributed by atoms with Crippen molar-refractivity contribution in [2.24, 2.45) is 0 Å². The lowest BCUT2D eigenvalue weighted by atomic mass is 10.1. The van der Waals surface area contributed by atoms with Gasteiger partial charge < -0.3 is 19.3 Å². The summed E-state index contributed by atoms with van der Waals surface area (Å²) in [4.78, 5) is 10.4. The lowest BCUT2D eigenvalue weighted by Gasteiger charge is -2.16. The fourth-order valence-electron chi connectivity index (χ4n) is 2.07. The molecule has 0 aromatic rings. The summed E-state index contributed by atoms with van der Waals surface area (Å²) in [7, 11) is 1.57. The molecule has 1 atom stereocenters. The van der Waals surface area contributed by atoms with Crippen molar-refractivity contribution in [3.8, 4) is 0 Å². The molecule has 0 rings (SSSR count). The van der Waals surface area contributed by atoms with E-state index in [1.165, 1.54) is 44.9 Å². The van der Waals surface area contributed by atoms with E-state index < -0.39 is 5.97 Å². The van der Waals surface area contributed by atoms with Gasteiger partial charge >= 0.3 is 5.97 Å². The number of rotatable bonds is 16. The number of methoxy groups -OCH3 is 1. The van der Waals surface area contributed by atoms with Crippen LogP contribution in [-0.4, -0.2) is 50.7 Å². The van der Waals surface area contributed by atoms with Crippen LogP contribution < -0.4 is 0 Å². The third kappa shape index (κ3) is 15.6. The molecule has 1 N–H and O–H groups in total. The quantitative estimate of drug-likeness (QED) is 0.443. The van der Waals surface area contributed by atoms with Crippen molar-refractivity contribution in [2.45, 2.75) is 64.4 Å². The second-order valence-electron chi connectivity index (χ2n) is 5.33. The van der Waals surface area contributed by atoms with Crippen molar-refractivity contribution in [2.75, 3.05) is 33.5 Å². The molecule has 0 spiro atoms. The van der Waals surface area contributed by atoms with Crippen molar-refractivity contribution in [3.63, 3.8) is 0 Å². The highest BCUT2D eigenvalue weighted by Crippen LogP contribution is 2.08. The first kappa shape index (κ1) is 20.3. The topological polar surface area (TPSA) is 65.0 Å². The zero-order chi connectivity index (χ0) is 15.8. The summed E-state index contributed by atoms with van der Waals surface area (Å²) in [6.45, 7) is 3.36. The van der Waals surface area contributed by atoms with E-state index in [1.54, 1.807) is 7.11 Å². The Morgan fingerprint density at radius 3 is 2.19 bits per heavy atom. The molecule has 5 nitrogen and oxygen atoms in total. The van der Waals surface area contributed by atoms with Crippen molar-refractivity contribution >= 4 is 5.97 Å². The predicted molar refractivity (Wildman–Crippen MR) is 82.7 cm³/mol. The molecular weight excluding hydrogens is 272 g/mol. The molecule has 0 saturated carbocycles. The summed E-state index contributed by atoms with van der Waals surface area (Å²) in [6, 6.07) is 0. The Morgan fingerprint density at radius 2 is 1.62 bits per heavy atom. The molecule has 0 aliphatic rings. The van der Waals surface area contributed by atoms with E-state index in [9.17, 15) is 4.79 Å². The zero-order valence-electron chi connectivity index (χ0n) is 13.6. The Kier molecular flexibility index (Phi) is 15.2. The molecule has 0 fully saturated rings. The van der Waals surface area contributed by atoms with Gasteiger partial charge in [-0.3, -0.25) is 0 Å². The minimum Gasteiger partial charge on any atom is -0.480 e. The number of carboxylic acid groups (broad SMARTS) is 1. The van der Waals surface area contributed by atoms with Gasteiger partial charge in [-0.25, -0.2) is 4.79 Å². The number of hydrogen-bond acceptors (Lipinski definition) is 4. The normalized spacial score (nSPS) is 12.5. The largest absolute Gasteiger partial charge is 0.480 e. The van der Waals surface area contributed by atoms with E-state index in [4.69, 9.17) is 19.3 Å². The van der Waals surface area contributed by atoms with E-state index >= 15 is 0 Å². The van der Waals surface area contributed by atoms with Crippen LogP contribution in [0.1, 0.15) is 58.3 Å². The Labute approximate surface area is 129 Å². The van der Waals surface area contributed by atoms with E-state index in [0.717, 1.165) is 6.42 Å². The highest BCUT2D eigenvalue weighted by atomic mass is 16.6. The van der Waals surface area contributed by atoms with E-state index in [-0.39, 0.29) is 12.7 Å². The maximum Gasteiger partial charge on any atom is 0.329 e. The average molecular weight is 304 g/mol. The molecule has 1 unspecified atom stereocenters. The van der Waals surface area contributed by atoms with Gasteiger partial charge in [0.2, 0.25) is 0 Å². The summed E-state index contributed by atoms with van der Waals surface area (Å²) in [5.41, 5.74) is 0. The molecule has 126 valence electrons. The number of carboxylic acids is 1. The molecular formula is C16H32O5. The van der Waals surface area contributed by atoms with Crippen LogP contribution in [0.15, 0.2) is 0 Å². The van der Waals surface area contributed by atoms with E-state index in [2.05, 4.69) is 6.92 Å². The number of aliphatic carboxylic acids is 1. The Hall–Kier alpha value is -0.650. The van der Waals surface area contributed by atoms with Crippen LogP contribution in [-0.2, 0) is 19.0 Å². The van der Waals surface area contributed by atoms with Gasteiger partial charge in [0.05, 0.1) is 13.2 Å².